The lowest BCUT2D eigenvalue weighted by Gasteiger charge is -2.21. The van der Waals surface area contributed by atoms with Gasteiger partial charge in [0.1, 0.15) is 23.6 Å². The van der Waals surface area contributed by atoms with Crippen LogP contribution in [0.15, 0.2) is 35.8 Å². The highest BCUT2D eigenvalue weighted by Gasteiger charge is 2.23. The number of nitrogens with zero attached hydrogens (tertiary/aromatic N) is 2. The van der Waals surface area contributed by atoms with E-state index < -0.39 is 35.1 Å². The maximum absolute atomic E-state index is 12.8. The van der Waals surface area contributed by atoms with E-state index in [4.69, 9.17) is 4.74 Å². The van der Waals surface area contributed by atoms with Gasteiger partial charge in [0.15, 0.2) is 0 Å². The number of aromatic nitrogens is 1. The molecule has 164 valence electrons. The number of allylic oxidation sites excluding steroid dienone is 1. The van der Waals surface area contributed by atoms with Crippen LogP contribution in [0, 0.1) is 0 Å². The molecule has 2 N–H and O–H groups in total. The van der Waals surface area contributed by atoms with Crippen LogP contribution in [0.4, 0.5) is 10.5 Å². The summed E-state index contributed by atoms with van der Waals surface area (Å²) in [6.45, 7) is 8.24. The number of anilines is 1. The molecule has 0 aliphatic rings. The molecule has 30 heavy (non-hydrogen) atoms. The van der Waals surface area contributed by atoms with Gasteiger partial charge in [0.05, 0.1) is 13.1 Å². The summed E-state index contributed by atoms with van der Waals surface area (Å²) in [5, 5.41) is 4.83. The second-order valence-corrected chi connectivity index (χ2v) is 7.46. The van der Waals surface area contributed by atoms with E-state index >= 15 is 0 Å². The van der Waals surface area contributed by atoms with Crippen molar-refractivity contribution in [2.45, 2.75) is 38.8 Å². The van der Waals surface area contributed by atoms with Gasteiger partial charge in [-0.05, 0) is 39.3 Å². The van der Waals surface area contributed by atoms with Crippen molar-refractivity contribution in [2.24, 2.45) is 0 Å². The van der Waals surface area contributed by atoms with Crippen molar-refractivity contribution in [2.75, 3.05) is 25.5 Å². The Morgan fingerprint density at radius 1 is 1.33 bits per heavy atom. The molecule has 0 aromatic carbocycles. The van der Waals surface area contributed by atoms with Gasteiger partial charge in [0.2, 0.25) is 11.8 Å². The summed E-state index contributed by atoms with van der Waals surface area (Å²) >= 11 is 0. The molecule has 1 aromatic heterocycles. The summed E-state index contributed by atoms with van der Waals surface area (Å²) in [5.41, 5.74) is -1.42. The van der Waals surface area contributed by atoms with Crippen molar-refractivity contribution < 1.29 is 23.9 Å². The molecule has 0 spiro atoms. The second-order valence-electron chi connectivity index (χ2n) is 7.46. The summed E-state index contributed by atoms with van der Waals surface area (Å²) in [5.74, 6) is -1.04. The third-order valence-electron chi connectivity index (χ3n) is 3.83. The Bertz CT molecular complexity index is 856. The van der Waals surface area contributed by atoms with E-state index in [1.54, 1.807) is 20.8 Å². The van der Waals surface area contributed by atoms with Crippen LogP contribution in [0.5, 0.6) is 0 Å². The molecule has 1 aromatic rings. The number of likely N-dealkylation sites (N-methyl/N-ethyl adjacent to an activating group) is 1. The van der Waals surface area contributed by atoms with Crippen LogP contribution in [-0.2, 0) is 19.1 Å². The Kier molecular flexibility index (Phi) is 8.97. The number of nitrogens with one attached hydrogen (secondary N) is 2. The third-order valence-corrected chi connectivity index (χ3v) is 3.83. The van der Waals surface area contributed by atoms with Crippen molar-refractivity contribution in [1.82, 2.24) is 14.8 Å². The van der Waals surface area contributed by atoms with E-state index in [0.717, 1.165) is 9.47 Å². The largest absolute Gasteiger partial charge is 0.444 e. The number of aldehydes is 1. The van der Waals surface area contributed by atoms with Crippen LogP contribution in [0.25, 0.3) is 0 Å². The van der Waals surface area contributed by atoms with Crippen molar-refractivity contribution in [3.63, 3.8) is 0 Å². The highest BCUT2D eigenvalue weighted by Crippen LogP contribution is 2.13. The normalized spacial score (nSPS) is 11.7. The first kappa shape index (κ1) is 24.6. The first-order valence-corrected chi connectivity index (χ1v) is 9.27. The molecule has 0 bridgehead atoms. The monoisotopic (exact) mass is 420 g/mol. The van der Waals surface area contributed by atoms with Crippen LogP contribution in [0.1, 0.15) is 33.2 Å². The Morgan fingerprint density at radius 3 is 2.57 bits per heavy atom. The lowest BCUT2D eigenvalue weighted by molar-refractivity contribution is -0.133. The Hall–Kier alpha value is -3.43. The van der Waals surface area contributed by atoms with Crippen LogP contribution >= 0.6 is 0 Å². The summed E-state index contributed by atoms with van der Waals surface area (Å²) in [7, 11) is 1.43. The van der Waals surface area contributed by atoms with Gasteiger partial charge in [0, 0.05) is 13.2 Å². The topological polar surface area (TPSA) is 127 Å². The Morgan fingerprint density at radius 2 is 2.00 bits per heavy atom. The van der Waals surface area contributed by atoms with Gasteiger partial charge < -0.3 is 24.3 Å². The van der Waals surface area contributed by atoms with Crippen molar-refractivity contribution in [1.29, 1.82) is 0 Å². The highest BCUT2D eigenvalue weighted by atomic mass is 16.6. The summed E-state index contributed by atoms with van der Waals surface area (Å²) in [4.78, 5) is 60.9. The number of ether oxygens (including phenoxy) is 1. The molecular formula is C20H28N4O6. The first-order chi connectivity index (χ1) is 14.0. The van der Waals surface area contributed by atoms with Crippen LogP contribution < -0.4 is 16.2 Å². The van der Waals surface area contributed by atoms with Crippen LogP contribution in [-0.4, -0.2) is 59.4 Å². The maximum Gasteiger partial charge on any atom is 0.412 e. The molecule has 0 aliphatic heterocycles. The fourth-order valence-electron chi connectivity index (χ4n) is 2.40. The number of rotatable bonds is 9. The average molecular weight is 420 g/mol. The fourth-order valence-corrected chi connectivity index (χ4v) is 2.40. The second kappa shape index (κ2) is 10.9. The fraction of sp³-hybridized carbons (Fsp3) is 0.450. The zero-order valence-corrected chi connectivity index (χ0v) is 17.6. The molecule has 1 atom stereocenters. The maximum atomic E-state index is 12.8. The number of pyridine rings is 1. The predicted molar refractivity (Wildman–Crippen MR) is 111 cm³/mol. The van der Waals surface area contributed by atoms with E-state index in [9.17, 15) is 24.0 Å². The average Bonchev–Trinajstić information content (AvgIpc) is 2.64. The van der Waals surface area contributed by atoms with E-state index in [2.05, 4.69) is 17.2 Å². The number of carbonyl (C=O) groups is 4. The lowest BCUT2D eigenvalue weighted by Crippen LogP contribution is -2.43. The van der Waals surface area contributed by atoms with Gasteiger partial charge in [0.25, 0.3) is 5.56 Å². The van der Waals surface area contributed by atoms with E-state index in [0.29, 0.717) is 6.29 Å². The minimum absolute atomic E-state index is 0.0598. The zero-order chi connectivity index (χ0) is 22.9. The molecule has 0 radical (unpaired) electrons. The molecule has 0 fully saturated rings. The minimum atomic E-state index is -0.987. The summed E-state index contributed by atoms with van der Waals surface area (Å²) < 4.78 is 6.28. The number of amides is 3. The minimum Gasteiger partial charge on any atom is -0.444 e. The number of hydrogen-bond donors (Lipinski definition) is 2. The quantitative estimate of drug-likeness (QED) is 0.455. The van der Waals surface area contributed by atoms with E-state index in [-0.39, 0.29) is 25.2 Å². The smallest absolute Gasteiger partial charge is 0.412 e. The van der Waals surface area contributed by atoms with Crippen LogP contribution in [0.3, 0.4) is 0 Å². The molecule has 0 saturated heterocycles. The third kappa shape index (κ3) is 7.53. The predicted octanol–water partition coefficient (Wildman–Crippen LogP) is 1.09. The molecule has 10 heteroatoms. The number of hydrogen-bond acceptors (Lipinski definition) is 6. The van der Waals surface area contributed by atoms with Gasteiger partial charge in [-0.3, -0.25) is 19.7 Å². The van der Waals surface area contributed by atoms with Gasteiger partial charge >= 0.3 is 6.09 Å². The lowest BCUT2D eigenvalue weighted by atomic mass is 10.1. The first-order valence-electron chi connectivity index (χ1n) is 9.27. The van der Waals surface area contributed by atoms with Crippen molar-refractivity contribution in [3.05, 3.63) is 41.3 Å². The molecule has 1 rings (SSSR count). The highest BCUT2D eigenvalue weighted by molar-refractivity contribution is 5.87. The molecule has 10 nitrogen and oxygen atoms in total. The summed E-state index contributed by atoms with van der Waals surface area (Å²) in [6, 6.07) is 1.91. The molecule has 3 amide bonds. The molecule has 0 saturated carbocycles. The SMILES string of the molecule is C=CCC(C(=O)NCC(=O)N(C)CC=O)n1cccc(NC(=O)OC(C)(C)C)c1=O. The standard InChI is InChI=1S/C20H28N4O6/c1-6-8-15(17(27)21-13-16(26)23(5)11-12-25)24-10-7-9-14(18(24)28)22-19(29)30-20(2,3)4/h6-7,9-10,12,15H,1,8,11,13H2,2-5H3,(H,21,27)(H,22,29). The van der Waals surface area contributed by atoms with Gasteiger partial charge in [-0.25, -0.2) is 4.79 Å². The summed E-state index contributed by atoms with van der Waals surface area (Å²) in [6.07, 6.45) is 2.75. The Labute approximate surface area is 174 Å². The molecular weight excluding hydrogens is 392 g/mol. The molecule has 0 aliphatic carbocycles. The van der Waals surface area contributed by atoms with Crippen LogP contribution in [0.2, 0.25) is 0 Å². The van der Waals surface area contributed by atoms with E-state index in [1.165, 1.54) is 31.5 Å². The number of carbonyl (C=O) groups excluding carboxylic acids is 4. The van der Waals surface area contributed by atoms with Gasteiger partial charge in [-0.2, -0.15) is 0 Å². The van der Waals surface area contributed by atoms with Crippen molar-refractivity contribution in [3.8, 4) is 0 Å². The molecule has 1 heterocycles. The molecule has 1 unspecified atom stereocenters. The van der Waals surface area contributed by atoms with E-state index in [1.807, 2.05) is 0 Å². The van der Waals surface area contributed by atoms with Crippen molar-refractivity contribution >= 4 is 29.9 Å². The van der Waals surface area contributed by atoms with Gasteiger partial charge in [-0.15, -0.1) is 6.58 Å². The van der Waals surface area contributed by atoms with Gasteiger partial charge in [-0.1, -0.05) is 6.08 Å². The zero-order valence-electron chi connectivity index (χ0n) is 17.6. The Balaban J connectivity index is 3.01.